The molecule has 0 fully saturated rings. The first kappa shape index (κ1) is 12.9. The monoisotopic (exact) mass is 223 g/mol. The number of hydrogen-bond acceptors (Lipinski definition) is 3. The second-order valence-electron chi connectivity index (χ2n) is 4.72. The van der Waals surface area contributed by atoms with Crippen molar-refractivity contribution in [3.8, 4) is 0 Å². The van der Waals surface area contributed by atoms with E-state index >= 15 is 0 Å². The van der Waals surface area contributed by atoms with Crippen LogP contribution in [0.2, 0.25) is 0 Å². The van der Waals surface area contributed by atoms with E-state index in [0.717, 1.165) is 12.2 Å². The molecule has 0 bridgehead atoms. The number of nitrogens with zero attached hydrogens (tertiary/aromatic N) is 3. The molecule has 0 aliphatic rings. The van der Waals surface area contributed by atoms with Crippen LogP contribution in [-0.2, 0) is 6.42 Å². The summed E-state index contributed by atoms with van der Waals surface area (Å²) in [5.41, 5.74) is -0.742. The van der Waals surface area contributed by atoms with Gasteiger partial charge >= 0.3 is 0 Å². The third-order valence-electron chi connectivity index (χ3n) is 2.56. The molecule has 1 heterocycles. The summed E-state index contributed by atoms with van der Waals surface area (Å²) in [4.78, 5) is 4.20. The molecular weight excluding hydrogens is 202 g/mol. The Bertz CT molecular complexity index is 342. The van der Waals surface area contributed by atoms with Crippen LogP contribution in [0.3, 0.4) is 0 Å². The Morgan fingerprint density at radius 2 is 2.31 bits per heavy atom. The second kappa shape index (κ2) is 5.25. The summed E-state index contributed by atoms with van der Waals surface area (Å²) in [5.74, 6) is 0.837. The Balaban J connectivity index is 2.71. The lowest BCUT2D eigenvalue weighted by Gasteiger charge is -2.22. The summed E-state index contributed by atoms with van der Waals surface area (Å²) >= 11 is 0. The van der Waals surface area contributed by atoms with Crippen molar-refractivity contribution < 1.29 is 5.11 Å². The average molecular weight is 223 g/mol. The molecule has 1 aromatic heterocycles. The number of aromatic nitrogens is 3. The fraction of sp³-hybridized carbons (Fsp3) is 0.667. The lowest BCUT2D eigenvalue weighted by molar-refractivity contribution is 0.0489. The molecule has 0 aromatic carbocycles. The molecule has 16 heavy (non-hydrogen) atoms. The summed E-state index contributed by atoms with van der Waals surface area (Å²) < 4.78 is 1.85. The highest BCUT2D eigenvalue weighted by molar-refractivity contribution is 4.94. The maximum Gasteiger partial charge on any atom is 0.138 e. The van der Waals surface area contributed by atoms with E-state index in [4.69, 9.17) is 0 Å². The van der Waals surface area contributed by atoms with Crippen molar-refractivity contribution in [1.82, 2.24) is 14.8 Å². The standard InChI is InChI=1S/C12H21N3O/c1-5-6-7-12(4,16)8-11-13-9-14-15(11)10(2)3/h5,9-10,16H,1,6-8H2,2-4H3. The predicted molar refractivity (Wildman–Crippen MR) is 64.2 cm³/mol. The summed E-state index contributed by atoms with van der Waals surface area (Å²) in [5, 5.41) is 14.3. The van der Waals surface area contributed by atoms with E-state index in [1.807, 2.05) is 17.7 Å². The fourth-order valence-electron chi connectivity index (χ4n) is 1.67. The highest BCUT2D eigenvalue weighted by atomic mass is 16.3. The molecule has 0 amide bonds. The van der Waals surface area contributed by atoms with Crippen LogP contribution in [0.5, 0.6) is 0 Å². The summed E-state index contributed by atoms with van der Waals surface area (Å²) in [6.07, 6.45) is 5.39. The molecular formula is C12H21N3O. The molecule has 1 aromatic rings. The zero-order chi connectivity index (χ0) is 12.2. The van der Waals surface area contributed by atoms with Crippen molar-refractivity contribution in [3.05, 3.63) is 24.8 Å². The van der Waals surface area contributed by atoms with Gasteiger partial charge in [-0.25, -0.2) is 9.67 Å². The average Bonchev–Trinajstić information content (AvgIpc) is 2.62. The van der Waals surface area contributed by atoms with E-state index in [9.17, 15) is 5.11 Å². The van der Waals surface area contributed by atoms with Gasteiger partial charge in [0, 0.05) is 12.5 Å². The van der Waals surface area contributed by atoms with Crippen LogP contribution >= 0.6 is 0 Å². The molecule has 0 aliphatic heterocycles. The SMILES string of the molecule is C=CCCC(C)(O)Cc1ncnn1C(C)C. The first-order valence-electron chi connectivity index (χ1n) is 5.68. The van der Waals surface area contributed by atoms with Gasteiger partial charge in [0.15, 0.2) is 0 Å². The summed E-state index contributed by atoms with van der Waals surface area (Å²) in [6, 6.07) is 0.271. The quantitative estimate of drug-likeness (QED) is 0.751. The van der Waals surface area contributed by atoms with Gasteiger partial charge in [-0.2, -0.15) is 5.10 Å². The van der Waals surface area contributed by atoms with E-state index in [-0.39, 0.29) is 6.04 Å². The van der Waals surface area contributed by atoms with Gasteiger partial charge in [0.05, 0.1) is 5.60 Å². The topological polar surface area (TPSA) is 50.9 Å². The maximum atomic E-state index is 10.2. The van der Waals surface area contributed by atoms with Crippen LogP contribution in [0.1, 0.15) is 45.5 Å². The van der Waals surface area contributed by atoms with Crippen molar-refractivity contribution >= 4 is 0 Å². The van der Waals surface area contributed by atoms with Gasteiger partial charge in [-0.15, -0.1) is 6.58 Å². The number of hydrogen-bond donors (Lipinski definition) is 1. The van der Waals surface area contributed by atoms with Crippen molar-refractivity contribution in [2.75, 3.05) is 0 Å². The Morgan fingerprint density at radius 3 is 2.88 bits per heavy atom. The molecule has 0 radical (unpaired) electrons. The van der Waals surface area contributed by atoms with E-state index in [1.165, 1.54) is 0 Å². The first-order valence-corrected chi connectivity index (χ1v) is 5.68. The molecule has 1 rings (SSSR count). The van der Waals surface area contributed by atoms with Crippen molar-refractivity contribution in [2.24, 2.45) is 0 Å². The van der Waals surface area contributed by atoms with Gasteiger partial charge in [-0.3, -0.25) is 0 Å². The lowest BCUT2D eigenvalue weighted by atomic mass is 9.96. The van der Waals surface area contributed by atoms with Gasteiger partial charge in [0.2, 0.25) is 0 Å². The maximum absolute atomic E-state index is 10.2. The van der Waals surface area contributed by atoms with Crippen LogP contribution in [0.15, 0.2) is 19.0 Å². The van der Waals surface area contributed by atoms with Crippen LogP contribution in [0.25, 0.3) is 0 Å². The normalized spacial score (nSPS) is 15.1. The van der Waals surface area contributed by atoms with Gasteiger partial charge in [-0.05, 0) is 33.6 Å². The molecule has 90 valence electrons. The Hall–Kier alpha value is -1.16. The second-order valence-corrected chi connectivity index (χ2v) is 4.72. The molecule has 0 saturated heterocycles. The third kappa shape index (κ3) is 3.45. The van der Waals surface area contributed by atoms with Crippen molar-refractivity contribution in [1.29, 1.82) is 0 Å². The largest absolute Gasteiger partial charge is 0.390 e. The third-order valence-corrected chi connectivity index (χ3v) is 2.56. The van der Waals surface area contributed by atoms with Crippen LogP contribution < -0.4 is 0 Å². The van der Waals surface area contributed by atoms with E-state index in [0.29, 0.717) is 12.8 Å². The predicted octanol–water partition coefficient (Wildman–Crippen LogP) is 2.12. The van der Waals surface area contributed by atoms with Crippen LogP contribution in [-0.4, -0.2) is 25.5 Å². The van der Waals surface area contributed by atoms with E-state index in [2.05, 4.69) is 30.5 Å². The minimum Gasteiger partial charge on any atom is -0.390 e. The van der Waals surface area contributed by atoms with Gasteiger partial charge in [0.1, 0.15) is 12.2 Å². The molecule has 1 N–H and O–H groups in total. The fourth-order valence-corrected chi connectivity index (χ4v) is 1.67. The summed E-state index contributed by atoms with van der Waals surface area (Å²) in [6.45, 7) is 9.60. The summed E-state index contributed by atoms with van der Waals surface area (Å²) in [7, 11) is 0. The Morgan fingerprint density at radius 1 is 1.62 bits per heavy atom. The molecule has 0 aliphatic carbocycles. The minimum absolute atomic E-state index is 0.271. The molecule has 4 heteroatoms. The van der Waals surface area contributed by atoms with Crippen LogP contribution in [0, 0.1) is 0 Å². The van der Waals surface area contributed by atoms with Crippen LogP contribution in [0.4, 0.5) is 0 Å². The van der Waals surface area contributed by atoms with Gasteiger partial charge in [-0.1, -0.05) is 6.08 Å². The van der Waals surface area contributed by atoms with E-state index < -0.39 is 5.60 Å². The Labute approximate surface area is 97.0 Å². The van der Waals surface area contributed by atoms with Gasteiger partial charge < -0.3 is 5.11 Å². The smallest absolute Gasteiger partial charge is 0.138 e. The number of allylic oxidation sites excluding steroid dienone is 1. The first-order chi connectivity index (χ1) is 7.46. The highest BCUT2D eigenvalue weighted by Crippen LogP contribution is 2.19. The number of aliphatic hydroxyl groups is 1. The molecule has 0 spiro atoms. The van der Waals surface area contributed by atoms with Crippen molar-refractivity contribution in [2.45, 2.75) is 51.7 Å². The molecule has 1 unspecified atom stereocenters. The minimum atomic E-state index is -0.742. The van der Waals surface area contributed by atoms with Gasteiger partial charge in [0.25, 0.3) is 0 Å². The zero-order valence-electron chi connectivity index (χ0n) is 10.3. The highest BCUT2D eigenvalue weighted by Gasteiger charge is 2.23. The zero-order valence-corrected chi connectivity index (χ0v) is 10.3. The molecule has 1 atom stereocenters. The molecule has 4 nitrogen and oxygen atoms in total. The van der Waals surface area contributed by atoms with E-state index in [1.54, 1.807) is 6.33 Å². The number of rotatable bonds is 6. The lowest BCUT2D eigenvalue weighted by Crippen LogP contribution is -2.29. The van der Waals surface area contributed by atoms with Crippen molar-refractivity contribution in [3.63, 3.8) is 0 Å². The molecule has 0 saturated carbocycles. The Kier molecular flexibility index (Phi) is 4.24.